The molecule has 2 N–H and O–H groups in total. The van der Waals surface area contributed by atoms with Crippen molar-refractivity contribution in [1.29, 1.82) is 0 Å². The smallest absolute Gasteiger partial charge is 0.305 e. The third-order valence-electron chi connectivity index (χ3n) is 3.21. The Labute approximate surface area is 121 Å². The van der Waals surface area contributed by atoms with Crippen molar-refractivity contribution in [3.63, 3.8) is 0 Å². The van der Waals surface area contributed by atoms with E-state index in [9.17, 15) is 14.0 Å². The van der Waals surface area contributed by atoms with Crippen LogP contribution in [0.5, 0.6) is 0 Å². The number of anilines is 1. The van der Waals surface area contributed by atoms with E-state index >= 15 is 0 Å². The topological polar surface area (TPSA) is 78.9 Å². The van der Waals surface area contributed by atoms with Gasteiger partial charge in [0.15, 0.2) is 0 Å². The quantitative estimate of drug-likeness (QED) is 0.845. The number of halogens is 1. The number of carbonyl (C=O) groups is 2. The maximum atomic E-state index is 13.0. The van der Waals surface area contributed by atoms with Crippen LogP contribution < -0.4 is 5.32 Å². The second-order valence-electron chi connectivity index (χ2n) is 4.86. The third-order valence-corrected chi connectivity index (χ3v) is 3.21. The summed E-state index contributed by atoms with van der Waals surface area (Å²) in [5, 5.41) is 11.5. The molecular weight excluding hydrogens is 279 g/mol. The zero-order valence-corrected chi connectivity index (χ0v) is 11.4. The van der Waals surface area contributed by atoms with E-state index in [4.69, 9.17) is 9.84 Å². The number of hydrogen-bond donors (Lipinski definition) is 2. The molecule has 0 saturated carbocycles. The lowest BCUT2D eigenvalue weighted by Crippen LogP contribution is -2.49. The zero-order valence-electron chi connectivity index (χ0n) is 11.4. The summed E-state index contributed by atoms with van der Waals surface area (Å²) in [5.74, 6) is -1.66. The minimum Gasteiger partial charge on any atom is -0.481 e. The van der Waals surface area contributed by atoms with Gasteiger partial charge in [-0.2, -0.15) is 0 Å². The average Bonchev–Trinajstić information content (AvgIpc) is 2.40. The fourth-order valence-electron chi connectivity index (χ4n) is 2.24. The van der Waals surface area contributed by atoms with Gasteiger partial charge in [0, 0.05) is 18.3 Å². The summed E-state index contributed by atoms with van der Waals surface area (Å²) >= 11 is 0. The number of rotatable bonds is 5. The van der Waals surface area contributed by atoms with Gasteiger partial charge in [-0.05, 0) is 18.2 Å². The highest BCUT2D eigenvalue weighted by atomic mass is 19.1. The first-order valence-electron chi connectivity index (χ1n) is 6.63. The third kappa shape index (κ3) is 4.80. The van der Waals surface area contributed by atoms with Crippen LogP contribution in [0.1, 0.15) is 6.42 Å². The van der Waals surface area contributed by atoms with E-state index in [1.54, 1.807) is 11.0 Å². The molecule has 1 heterocycles. The molecule has 1 unspecified atom stereocenters. The summed E-state index contributed by atoms with van der Waals surface area (Å²) in [6, 6.07) is 5.29. The van der Waals surface area contributed by atoms with Crippen molar-refractivity contribution in [1.82, 2.24) is 4.90 Å². The molecule has 0 bridgehead atoms. The average molecular weight is 296 g/mol. The van der Waals surface area contributed by atoms with Crippen molar-refractivity contribution in [3.05, 3.63) is 30.1 Å². The molecule has 0 radical (unpaired) electrons. The van der Waals surface area contributed by atoms with Gasteiger partial charge >= 0.3 is 5.97 Å². The Morgan fingerprint density at radius 2 is 2.29 bits per heavy atom. The SMILES string of the molecule is O=C(O)CC1COCCN1CC(=O)Nc1cccc(F)c1. The second-order valence-corrected chi connectivity index (χ2v) is 4.86. The maximum Gasteiger partial charge on any atom is 0.305 e. The summed E-state index contributed by atoms with van der Waals surface area (Å²) in [5.41, 5.74) is 0.378. The Morgan fingerprint density at radius 1 is 1.48 bits per heavy atom. The summed E-state index contributed by atoms with van der Waals surface area (Å²) in [4.78, 5) is 24.5. The normalized spacial score (nSPS) is 19.2. The molecular formula is C14H17FN2O4. The van der Waals surface area contributed by atoms with Gasteiger partial charge in [-0.1, -0.05) is 6.07 Å². The number of amides is 1. The monoisotopic (exact) mass is 296 g/mol. The van der Waals surface area contributed by atoms with E-state index < -0.39 is 11.8 Å². The molecule has 1 amide bonds. The fraction of sp³-hybridized carbons (Fsp3) is 0.429. The first kappa shape index (κ1) is 15.4. The van der Waals surface area contributed by atoms with Crippen molar-refractivity contribution < 1.29 is 23.8 Å². The molecule has 1 fully saturated rings. The lowest BCUT2D eigenvalue weighted by molar-refractivity contribution is -0.141. The minimum atomic E-state index is -0.930. The van der Waals surface area contributed by atoms with E-state index in [1.807, 2.05) is 0 Å². The first-order valence-corrected chi connectivity index (χ1v) is 6.63. The largest absolute Gasteiger partial charge is 0.481 e. The lowest BCUT2D eigenvalue weighted by atomic mass is 10.1. The minimum absolute atomic E-state index is 0.0534. The van der Waals surface area contributed by atoms with E-state index in [2.05, 4.69) is 5.32 Å². The second kappa shape index (κ2) is 7.14. The maximum absolute atomic E-state index is 13.0. The predicted octanol–water partition coefficient (Wildman–Crippen LogP) is 0.940. The molecule has 2 rings (SSSR count). The molecule has 1 aromatic rings. The molecule has 0 aromatic heterocycles. The van der Waals surface area contributed by atoms with Crippen LogP contribution in [-0.2, 0) is 14.3 Å². The summed E-state index contributed by atoms with van der Waals surface area (Å²) in [6.07, 6.45) is -0.0761. The van der Waals surface area contributed by atoms with Gasteiger partial charge in [0.1, 0.15) is 5.82 Å². The van der Waals surface area contributed by atoms with Crippen LogP contribution in [-0.4, -0.2) is 54.2 Å². The van der Waals surface area contributed by atoms with Crippen LogP contribution in [0, 0.1) is 5.82 Å². The van der Waals surface area contributed by atoms with Gasteiger partial charge < -0.3 is 15.2 Å². The standard InChI is InChI=1S/C14H17FN2O4/c15-10-2-1-3-11(6-10)16-13(18)8-17-4-5-21-9-12(17)7-14(19)20/h1-3,6,12H,4-5,7-9H2,(H,16,18)(H,19,20). The number of morpholine rings is 1. The fourth-order valence-corrected chi connectivity index (χ4v) is 2.24. The number of ether oxygens (including phenoxy) is 1. The highest BCUT2D eigenvalue weighted by Crippen LogP contribution is 2.12. The van der Waals surface area contributed by atoms with E-state index in [0.29, 0.717) is 25.4 Å². The van der Waals surface area contributed by atoms with Gasteiger partial charge in [0.05, 0.1) is 26.2 Å². The Bertz CT molecular complexity index is 523. The lowest BCUT2D eigenvalue weighted by Gasteiger charge is -2.34. The van der Waals surface area contributed by atoms with E-state index in [0.717, 1.165) is 0 Å². The van der Waals surface area contributed by atoms with Crippen molar-refractivity contribution in [3.8, 4) is 0 Å². The van der Waals surface area contributed by atoms with Gasteiger partial charge in [-0.3, -0.25) is 14.5 Å². The number of carboxylic acid groups (broad SMARTS) is 1. The van der Waals surface area contributed by atoms with Crippen LogP contribution in [0.3, 0.4) is 0 Å². The van der Waals surface area contributed by atoms with Crippen LogP contribution in [0.2, 0.25) is 0 Å². The molecule has 0 spiro atoms. The highest BCUT2D eigenvalue weighted by Gasteiger charge is 2.26. The van der Waals surface area contributed by atoms with E-state index in [1.165, 1.54) is 18.2 Å². The Balaban J connectivity index is 1.92. The molecule has 1 saturated heterocycles. The number of nitrogens with one attached hydrogen (secondary N) is 1. The molecule has 21 heavy (non-hydrogen) atoms. The molecule has 6 nitrogen and oxygen atoms in total. The van der Waals surface area contributed by atoms with Gasteiger partial charge in [0.25, 0.3) is 0 Å². The Morgan fingerprint density at radius 3 is 3.00 bits per heavy atom. The van der Waals surface area contributed by atoms with Crippen molar-refractivity contribution in [2.24, 2.45) is 0 Å². The number of nitrogens with zero attached hydrogens (tertiary/aromatic N) is 1. The van der Waals surface area contributed by atoms with Crippen molar-refractivity contribution in [2.75, 3.05) is 31.6 Å². The summed E-state index contributed by atoms with van der Waals surface area (Å²) in [6.45, 7) is 1.30. The zero-order chi connectivity index (χ0) is 15.2. The van der Waals surface area contributed by atoms with Gasteiger partial charge in [0.2, 0.25) is 5.91 Å². The summed E-state index contributed by atoms with van der Waals surface area (Å²) < 4.78 is 18.3. The molecule has 0 aliphatic carbocycles. The van der Waals surface area contributed by atoms with Crippen LogP contribution in [0.4, 0.5) is 10.1 Å². The van der Waals surface area contributed by atoms with Crippen LogP contribution in [0.15, 0.2) is 24.3 Å². The van der Waals surface area contributed by atoms with Gasteiger partial charge in [-0.15, -0.1) is 0 Å². The van der Waals surface area contributed by atoms with Crippen molar-refractivity contribution >= 4 is 17.6 Å². The highest BCUT2D eigenvalue weighted by molar-refractivity contribution is 5.92. The molecule has 1 aliphatic rings. The summed E-state index contributed by atoms with van der Waals surface area (Å²) in [7, 11) is 0. The Kier molecular flexibility index (Phi) is 5.24. The number of benzene rings is 1. The number of carboxylic acids is 1. The van der Waals surface area contributed by atoms with Crippen LogP contribution >= 0.6 is 0 Å². The Hall–Kier alpha value is -1.99. The molecule has 1 atom stereocenters. The molecule has 1 aliphatic heterocycles. The molecule has 114 valence electrons. The molecule has 1 aromatic carbocycles. The molecule has 7 heteroatoms. The number of carbonyl (C=O) groups excluding carboxylic acids is 1. The number of aliphatic carboxylic acids is 1. The first-order chi connectivity index (χ1) is 10.0. The predicted molar refractivity (Wildman–Crippen MR) is 73.5 cm³/mol. The number of hydrogen-bond acceptors (Lipinski definition) is 4. The van der Waals surface area contributed by atoms with Crippen LogP contribution in [0.25, 0.3) is 0 Å². The van der Waals surface area contributed by atoms with Crippen molar-refractivity contribution in [2.45, 2.75) is 12.5 Å². The van der Waals surface area contributed by atoms with Gasteiger partial charge in [-0.25, -0.2) is 4.39 Å². The van der Waals surface area contributed by atoms with E-state index in [-0.39, 0.29) is 24.9 Å².